The van der Waals surface area contributed by atoms with Gasteiger partial charge < -0.3 is 20.6 Å². The zero-order chi connectivity index (χ0) is 11.5. The van der Waals surface area contributed by atoms with Crippen molar-refractivity contribution in [2.45, 2.75) is 37.8 Å². The van der Waals surface area contributed by atoms with Crippen molar-refractivity contribution >= 4 is 12.1 Å². The van der Waals surface area contributed by atoms with Crippen LogP contribution in [0.1, 0.15) is 25.7 Å². The second-order valence-electron chi connectivity index (χ2n) is 4.43. The summed E-state index contributed by atoms with van der Waals surface area (Å²) < 4.78 is 0. The topological polar surface area (TPSA) is 81.7 Å². The summed E-state index contributed by atoms with van der Waals surface area (Å²) in [6.45, 7) is 1.26. The van der Waals surface area contributed by atoms with E-state index in [4.69, 9.17) is 5.11 Å². The van der Waals surface area contributed by atoms with E-state index in [0.717, 1.165) is 12.8 Å². The third-order valence-corrected chi connectivity index (χ3v) is 3.01. The van der Waals surface area contributed by atoms with E-state index in [1.807, 2.05) is 0 Å². The second-order valence-corrected chi connectivity index (χ2v) is 4.43. The number of rotatable bonds is 2. The zero-order valence-corrected chi connectivity index (χ0v) is 9.11. The van der Waals surface area contributed by atoms with Crippen LogP contribution < -0.4 is 10.6 Å². The van der Waals surface area contributed by atoms with Crippen LogP contribution in [0.5, 0.6) is 0 Å². The number of carboxylic acid groups (broad SMARTS) is 1. The monoisotopic (exact) mass is 227 g/mol. The van der Waals surface area contributed by atoms with Gasteiger partial charge in [-0.05, 0) is 25.7 Å². The Labute approximate surface area is 94.0 Å². The van der Waals surface area contributed by atoms with Crippen molar-refractivity contribution < 1.29 is 14.7 Å². The average molecular weight is 227 g/mol. The molecule has 1 heterocycles. The van der Waals surface area contributed by atoms with Gasteiger partial charge in [0, 0.05) is 25.2 Å². The van der Waals surface area contributed by atoms with Crippen molar-refractivity contribution in [3.8, 4) is 0 Å². The van der Waals surface area contributed by atoms with E-state index in [-0.39, 0.29) is 12.1 Å². The predicted molar refractivity (Wildman–Crippen MR) is 57.3 cm³/mol. The molecule has 90 valence electrons. The molecule has 0 unspecified atom stereocenters. The molecule has 2 rings (SSSR count). The summed E-state index contributed by atoms with van der Waals surface area (Å²) in [6, 6.07) is 0.362. The average Bonchev–Trinajstić information content (AvgIpc) is 3.01. The fraction of sp³-hybridized carbons (Fsp3) is 0.800. The number of nitrogens with zero attached hydrogens (tertiary/aromatic N) is 1. The lowest BCUT2D eigenvalue weighted by Crippen LogP contribution is -2.49. The lowest BCUT2D eigenvalue weighted by atomic mass is 10.1. The first-order valence-corrected chi connectivity index (χ1v) is 5.70. The van der Waals surface area contributed by atoms with Crippen LogP contribution >= 0.6 is 0 Å². The van der Waals surface area contributed by atoms with Crippen LogP contribution in [0.25, 0.3) is 0 Å². The minimum Gasteiger partial charge on any atom is -0.465 e. The highest BCUT2D eigenvalue weighted by molar-refractivity contribution is 5.75. The summed E-state index contributed by atoms with van der Waals surface area (Å²) in [4.78, 5) is 23.9. The fourth-order valence-electron chi connectivity index (χ4n) is 1.90. The molecule has 6 nitrogen and oxygen atoms in total. The van der Waals surface area contributed by atoms with Crippen LogP contribution in [0.3, 0.4) is 0 Å². The van der Waals surface area contributed by atoms with Gasteiger partial charge in [0.25, 0.3) is 0 Å². The Morgan fingerprint density at radius 1 is 1.00 bits per heavy atom. The number of hydrogen-bond acceptors (Lipinski definition) is 2. The Hall–Kier alpha value is -1.46. The van der Waals surface area contributed by atoms with Gasteiger partial charge in [-0.15, -0.1) is 0 Å². The Bertz CT molecular complexity index is 283. The molecule has 0 atom stereocenters. The molecule has 0 aromatic rings. The molecule has 6 heteroatoms. The van der Waals surface area contributed by atoms with Gasteiger partial charge in [0.05, 0.1) is 0 Å². The molecule has 0 aromatic carbocycles. The van der Waals surface area contributed by atoms with Gasteiger partial charge >= 0.3 is 12.1 Å². The number of likely N-dealkylation sites (tertiary alicyclic amines) is 1. The van der Waals surface area contributed by atoms with Crippen LogP contribution in [0, 0.1) is 0 Å². The molecule has 0 spiro atoms. The number of amides is 3. The Morgan fingerprint density at radius 3 is 2.06 bits per heavy atom. The molecule has 0 bridgehead atoms. The normalized spacial score (nSPS) is 21.6. The smallest absolute Gasteiger partial charge is 0.404 e. The number of hydrogen-bond donors (Lipinski definition) is 3. The molecule has 1 aliphatic carbocycles. The van der Waals surface area contributed by atoms with Gasteiger partial charge in [0.1, 0.15) is 0 Å². The molecule has 1 saturated carbocycles. The summed E-state index contributed by atoms with van der Waals surface area (Å²) >= 11 is 0. The van der Waals surface area contributed by atoms with E-state index in [9.17, 15) is 9.59 Å². The van der Waals surface area contributed by atoms with Crippen molar-refractivity contribution in [1.82, 2.24) is 15.5 Å². The molecule has 0 radical (unpaired) electrons. The third kappa shape index (κ3) is 3.01. The zero-order valence-electron chi connectivity index (χ0n) is 9.11. The number of piperidine rings is 1. The van der Waals surface area contributed by atoms with Crippen LogP contribution in [-0.2, 0) is 0 Å². The van der Waals surface area contributed by atoms with E-state index < -0.39 is 6.09 Å². The number of carbonyl (C=O) groups is 2. The molecule has 0 aromatic heterocycles. The minimum atomic E-state index is -0.985. The van der Waals surface area contributed by atoms with Gasteiger partial charge in [-0.2, -0.15) is 0 Å². The van der Waals surface area contributed by atoms with E-state index in [1.54, 1.807) is 4.90 Å². The van der Waals surface area contributed by atoms with Crippen molar-refractivity contribution in [1.29, 1.82) is 0 Å². The largest absolute Gasteiger partial charge is 0.465 e. The van der Waals surface area contributed by atoms with Crippen LogP contribution in [0.4, 0.5) is 9.59 Å². The van der Waals surface area contributed by atoms with Gasteiger partial charge in [-0.1, -0.05) is 0 Å². The maximum atomic E-state index is 11.7. The van der Waals surface area contributed by atoms with E-state index in [1.165, 1.54) is 0 Å². The lowest BCUT2D eigenvalue weighted by molar-refractivity contribution is 0.165. The second kappa shape index (κ2) is 4.59. The van der Waals surface area contributed by atoms with Gasteiger partial charge in [0.15, 0.2) is 0 Å². The first kappa shape index (κ1) is 11.0. The molecule has 16 heavy (non-hydrogen) atoms. The van der Waals surface area contributed by atoms with Crippen LogP contribution in [-0.4, -0.2) is 47.3 Å². The van der Waals surface area contributed by atoms with Crippen LogP contribution in [0.2, 0.25) is 0 Å². The standard InChI is InChI=1S/C10H17N3O3/c14-9(11-7-1-2-7)13-5-3-8(4-6-13)12-10(15)16/h7-8,12H,1-6H2,(H,11,14)(H,15,16). The molecule has 3 amide bonds. The minimum absolute atomic E-state index is 0.00345. The van der Waals surface area contributed by atoms with Gasteiger partial charge in [-0.3, -0.25) is 0 Å². The van der Waals surface area contributed by atoms with Gasteiger partial charge in [0.2, 0.25) is 0 Å². The highest BCUT2D eigenvalue weighted by Crippen LogP contribution is 2.19. The van der Waals surface area contributed by atoms with E-state index in [2.05, 4.69) is 10.6 Å². The molecule has 2 aliphatic rings. The first-order valence-electron chi connectivity index (χ1n) is 5.70. The summed E-state index contributed by atoms with van der Waals surface area (Å²) in [5.41, 5.74) is 0. The Kier molecular flexibility index (Phi) is 3.17. The number of nitrogens with one attached hydrogen (secondary N) is 2. The molecular weight excluding hydrogens is 210 g/mol. The lowest BCUT2D eigenvalue weighted by Gasteiger charge is -2.31. The summed E-state index contributed by atoms with van der Waals surface area (Å²) in [7, 11) is 0. The van der Waals surface area contributed by atoms with Gasteiger partial charge in [-0.25, -0.2) is 9.59 Å². The number of carbonyl (C=O) groups excluding carboxylic acids is 1. The van der Waals surface area contributed by atoms with E-state index >= 15 is 0 Å². The Morgan fingerprint density at radius 2 is 1.56 bits per heavy atom. The maximum absolute atomic E-state index is 11.7. The number of urea groups is 1. The molecular formula is C10H17N3O3. The van der Waals surface area contributed by atoms with Crippen molar-refractivity contribution in [3.05, 3.63) is 0 Å². The SMILES string of the molecule is O=C(O)NC1CCN(C(=O)NC2CC2)CC1. The molecule has 2 fully saturated rings. The summed E-state index contributed by atoms with van der Waals surface area (Å²) in [5, 5.41) is 13.9. The van der Waals surface area contributed by atoms with Crippen LogP contribution in [0.15, 0.2) is 0 Å². The van der Waals surface area contributed by atoms with E-state index in [0.29, 0.717) is 32.0 Å². The quantitative estimate of drug-likeness (QED) is 0.645. The molecule has 1 aliphatic heterocycles. The highest BCUT2D eigenvalue weighted by Gasteiger charge is 2.28. The van der Waals surface area contributed by atoms with Crippen molar-refractivity contribution in [3.63, 3.8) is 0 Å². The Balaban J connectivity index is 1.71. The molecule has 1 saturated heterocycles. The van der Waals surface area contributed by atoms with Crippen molar-refractivity contribution in [2.24, 2.45) is 0 Å². The fourth-order valence-corrected chi connectivity index (χ4v) is 1.90. The highest BCUT2D eigenvalue weighted by atomic mass is 16.4. The summed E-state index contributed by atoms with van der Waals surface area (Å²) in [6.07, 6.45) is 2.58. The molecule has 3 N–H and O–H groups in total. The summed E-state index contributed by atoms with van der Waals surface area (Å²) in [5.74, 6) is 0. The first-order chi connectivity index (χ1) is 7.65. The third-order valence-electron chi connectivity index (χ3n) is 3.01. The predicted octanol–water partition coefficient (Wildman–Crippen LogP) is 0.590. The maximum Gasteiger partial charge on any atom is 0.404 e. The van der Waals surface area contributed by atoms with Crippen molar-refractivity contribution in [2.75, 3.05) is 13.1 Å².